The van der Waals surface area contributed by atoms with E-state index in [0.29, 0.717) is 24.5 Å². The maximum atomic E-state index is 12.1. The molecule has 0 aliphatic carbocycles. The van der Waals surface area contributed by atoms with Gasteiger partial charge >= 0.3 is 5.97 Å². The fraction of sp³-hybridized carbons (Fsp3) is 0.333. The first kappa shape index (κ1) is 15.8. The Balaban J connectivity index is 2.57. The Morgan fingerprint density at radius 3 is 2.50 bits per heavy atom. The van der Waals surface area contributed by atoms with E-state index in [1.165, 1.54) is 12.0 Å². The van der Waals surface area contributed by atoms with Crippen LogP contribution in [-0.4, -0.2) is 44.1 Å². The molecule has 0 radical (unpaired) electrons. The first-order valence-corrected chi connectivity index (χ1v) is 6.24. The lowest BCUT2D eigenvalue weighted by Gasteiger charge is -2.16. The monoisotopic (exact) mass is 277 g/mol. The van der Waals surface area contributed by atoms with Gasteiger partial charge in [0.25, 0.3) is 5.91 Å². The highest BCUT2D eigenvalue weighted by molar-refractivity contribution is 5.94. The molecule has 108 valence electrons. The third-order valence-corrected chi connectivity index (χ3v) is 2.69. The molecule has 1 aromatic carbocycles. The summed E-state index contributed by atoms with van der Waals surface area (Å²) in [6, 6.07) is 6.83. The van der Waals surface area contributed by atoms with Gasteiger partial charge in [0.05, 0.1) is 13.5 Å². The van der Waals surface area contributed by atoms with Crippen molar-refractivity contribution >= 4 is 11.9 Å². The van der Waals surface area contributed by atoms with E-state index in [2.05, 4.69) is 11.3 Å². The number of carbonyl (C=O) groups is 2. The summed E-state index contributed by atoms with van der Waals surface area (Å²) < 4.78 is 9.88. The lowest BCUT2D eigenvalue weighted by Crippen LogP contribution is -2.29. The molecule has 0 spiro atoms. The van der Waals surface area contributed by atoms with E-state index in [-0.39, 0.29) is 18.3 Å². The van der Waals surface area contributed by atoms with Crippen LogP contribution in [0.4, 0.5) is 0 Å². The van der Waals surface area contributed by atoms with Crippen molar-refractivity contribution in [2.24, 2.45) is 0 Å². The summed E-state index contributed by atoms with van der Waals surface area (Å²) in [7, 11) is 2.97. The lowest BCUT2D eigenvalue weighted by molar-refractivity contribution is -0.140. The van der Waals surface area contributed by atoms with Crippen LogP contribution in [0.2, 0.25) is 0 Å². The number of carbonyl (C=O) groups excluding carboxylic acids is 2. The number of benzene rings is 1. The second kappa shape index (κ2) is 7.99. The molecular formula is C15H19NO4. The molecule has 0 saturated carbocycles. The third-order valence-electron chi connectivity index (χ3n) is 2.69. The molecule has 1 amide bonds. The minimum atomic E-state index is -0.335. The Bertz CT molecular complexity index is 467. The number of ether oxygens (including phenoxy) is 2. The van der Waals surface area contributed by atoms with Gasteiger partial charge in [-0.2, -0.15) is 0 Å². The second-order valence-electron chi connectivity index (χ2n) is 4.18. The van der Waals surface area contributed by atoms with Crippen molar-refractivity contribution in [3.63, 3.8) is 0 Å². The minimum Gasteiger partial charge on any atom is -0.490 e. The summed E-state index contributed by atoms with van der Waals surface area (Å²) in [6.45, 7) is 4.31. The Morgan fingerprint density at radius 1 is 1.30 bits per heavy atom. The zero-order valence-corrected chi connectivity index (χ0v) is 11.8. The highest BCUT2D eigenvalue weighted by Crippen LogP contribution is 2.13. The fourth-order valence-electron chi connectivity index (χ4n) is 1.53. The van der Waals surface area contributed by atoms with Crippen LogP contribution in [0.3, 0.4) is 0 Å². The summed E-state index contributed by atoms with van der Waals surface area (Å²) in [6.07, 6.45) is 1.83. The number of nitrogens with zero attached hydrogens (tertiary/aromatic N) is 1. The van der Waals surface area contributed by atoms with E-state index < -0.39 is 0 Å². The standard InChI is InChI=1S/C15H19NO4/c1-4-11-20-13-7-5-12(6-8-13)15(18)16(2)10-9-14(17)19-3/h4-8H,1,9-11H2,2-3H3. The molecule has 0 saturated heterocycles. The number of esters is 1. The molecule has 1 aromatic rings. The highest BCUT2D eigenvalue weighted by atomic mass is 16.5. The fourth-order valence-corrected chi connectivity index (χ4v) is 1.53. The van der Waals surface area contributed by atoms with E-state index in [1.54, 1.807) is 37.4 Å². The van der Waals surface area contributed by atoms with Crippen LogP contribution < -0.4 is 4.74 Å². The molecular weight excluding hydrogens is 258 g/mol. The van der Waals surface area contributed by atoms with E-state index in [4.69, 9.17) is 4.74 Å². The number of methoxy groups -OCH3 is 1. The summed E-state index contributed by atoms with van der Waals surface area (Å²) in [4.78, 5) is 24.6. The summed E-state index contributed by atoms with van der Waals surface area (Å²) in [5.41, 5.74) is 0.545. The average Bonchev–Trinajstić information content (AvgIpc) is 2.49. The van der Waals surface area contributed by atoms with E-state index in [9.17, 15) is 9.59 Å². The normalized spacial score (nSPS) is 9.70. The van der Waals surface area contributed by atoms with Gasteiger partial charge in [0.15, 0.2) is 0 Å². The Labute approximate surface area is 118 Å². The predicted molar refractivity (Wildman–Crippen MR) is 75.7 cm³/mol. The molecule has 0 unspecified atom stereocenters. The molecule has 0 atom stereocenters. The maximum absolute atomic E-state index is 12.1. The van der Waals surface area contributed by atoms with Gasteiger partial charge in [-0.3, -0.25) is 9.59 Å². The van der Waals surface area contributed by atoms with Gasteiger partial charge in [0.2, 0.25) is 0 Å². The molecule has 20 heavy (non-hydrogen) atoms. The van der Waals surface area contributed by atoms with Crippen LogP contribution >= 0.6 is 0 Å². The molecule has 0 aromatic heterocycles. The van der Waals surface area contributed by atoms with Gasteiger partial charge in [-0.15, -0.1) is 0 Å². The van der Waals surface area contributed by atoms with Crippen LogP contribution in [0.25, 0.3) is 0 Å². The van der Waals surface area contributed by atoms with Crippen LogP contribution in [0.1, 0.15) is 16.8 Å². The van der Waals surface area contributed by atoms with Crippen LogP contribution in [0.15, 0.2) is 36.9 Å². The smallest absolute Gasteiger partial charge is 0.307 e. The number of hydrogen-bond donors (Lipinski definition) is 0. The quantitative estimate of drug-likeness (QED) is 0.564. The third kappa shape index (κ3) is 4.76. The van der Waals surface area contributed by atoms with Crippen molar-refractivity contribution in [1.82, 2.24) is 4.90 Å². The molecule has 0 aliphatic rings. The summed E-state index contributed by atoms with van der Waals surface area (Å²) in [5, 5.41) is 0. The van der Waals surface area contributed by atoms with E-state index in [0.717, 1.165) is 0 Å². The largest absolute Gasteiger partial charge is 0.490 e. The first-order chi connectivity index (χ1) is 9.58. The van der Waals surface area contributed by atoms with Crippen molar-refractivity contribution in [2.45, 2.75) is 6.42 Å². The van der Waals surface area contributed by atoms with Gasteiger partial charge in [-0.1, -0.05) is 12.7 Å². The van der Waals surface area contributed by atoms with Crippen molar-refractivity contribution in [3.05, 3.63) is 42.5 Å². The second-order valence-corrected chi connectivity index (χ2v) is 4.18. The molecule has 5 nitrogen and oxygen atoms in total. The first-order valence-electron chi connectivity index (χ1n) is 6.24. The van der Waals surface area contributed by atoms with Crippen molar-refractivity contribution < 1.29 is 19.1 Å². The summed E-state index contributed by atoms with van der Waals surface area (Å²) >= 11 is 0. The van der Waals surface area contributed by atoms with Gasteiger partial charge < -0.3 is 14.4 Å². The highest BCUT2D eigenvalue weighted by Gasteiger charge is 2.13. The topological polar surface area (TPSA) is 55.8 Å². The lowest BCUT2D eigenvalue weighted by atomic mass is 10.2. The number of amides is 1. The van der Waals surface area contributed by atoms with Crippen molar-refractivity contribution in [2.75, 3.05) is 27.3 Å². The van der Waals surface area contributed by atoms with Gasteiger partial charge in [-0.25, -0.2) is 0 Å². The van der Waals surface area contributed by atoms with Crippen molar-refractivity contribution in [3.8, 4) is 5.75 Å². The Kier molecular flexibility index (Phi) is 6.29. The molecule has 0 bridgehead atoms. The van der Waals surface area contributed by atoms with E-state index in [1.807, 2.05) is 0 Å². The predicted octanol–water partition coefficient (Wildman–Crippen LogP) is 1.89. The Hall–Kier alpha value is -2.30. The van der Waals surface area contributed by atoms with Gasteiger partial charge in [0, 0.05) is 19.2 Å². The van der Waals surface area contributed by atoms with Gasteiger partial charge in [-0.05, 0) is 24.3 Å². The maximum Gasteiger partial charge on any atom is 0.307 e. The molecule has 0 N–H and O–H groups in total. The zero-order valence-electron chi connectivity index (χ0n) is 11.8. The molecule has 1 rings (SSSR count). The van der Waals surface area contributed by atoms with Crippen LogP contribution in [0, 0.1) is 0 Å². The van der Waals surface area contributed by atoms with Gasteiger partial charge in [0.1, 0.15) is 12.4 Å². The zero-order chi connectivity index (χ0) is 15.0. The van der Waals surface area contributed by atoms with E-state index >= 15 is 0 Å². The van der Waals surface area contributed by atoms with Crippen molar-refractivity contribution in [1.29, 1.82) is 0 Å². The minimum absolute atomic E-state index is 0.149. The Morgan fingerprint density at radius 2 is 1.95 bits per heavy atom. The SMILES string of the molecule is C=CCOc1ccc(C(=O)N(C)CCC(=O)OC)cc1. The number of hydrogen-bond acceptors (Lipinski definition) is 4. The molecule has 5 heteroatoms. The number of rotatable bonds is 7. The summed E-state index contributed by atoms with van der Waals surface area (Å²) in [5.74, 6) is 0.195. The molecule has 0 heterocycles. The van der Waals surface area contributed by atoms with Crippen LogP contribution in [0.5, 0.6) is 5.75 Å². The average molecular weight is 277 g/mol. The molecule has 0 fully saturated rings. The molecule has 0 aliphatic heterocycles. The van der Waals surface area contributed by atoms with Crippen LogP contribution in [-0.2, 0) is 9.53 Å².